The van der Waals surface area contributed by atoms with Crippen molar-refractivity contribution in [2.75, 3.05) is 10.6 Å². The Morgan fingerprint density at radius 1 is 1.21 bits per heavy atom. The number of nitriles is 1. The Hall–Kier alpha value is -2.68. The minimum atomic E-state index is 0.440. The maximum atomic E-state index is 8.73. The fourth-order valence-electron chi connectivity index (χ4n) is 1.62. The molecule has 6 heteroatoms. The summed E-state index contributed by atoms with van der Waals surface area (Å²) in [7, 11) is 0. The zero-order valence-electron chi connectivity index (χ0n) is 10.2. The molecule has 2 N–H and O–H groups in total. The predicted molar refractivity (Wildman–Crippen MR) is 70.9 cm³/mol. The van der Waals surface area contributed by atoms with E-state index in [9.17, 15) is 0 Å². The van der Waals surface area contributed by atoms with Crippen LogP contribution >= 0.6 is 0 Å². The minimum absolute atomic E-state index is 0.440. The first-order chi connectivity index (χ1) is 9.33. The normalized spacial score (nSPS) is 13.6. The third-order valence-corrected chi connectivity index (χ3v) is 2.76. The first-order valence-corrected chi connectivity index (χ1v) is 6.07. The van der Waals surface area contributed by atoms with Crippen molar-refractivity contribution in [3.63, 3.8) is 0 Å². The van der Waals surface area contributed by atoms with Crippen LogP contribution in [0.15, 0.2) is 30.5 Å². The van der Waals surface area contributed by atoms with Crippen molar-refractivity contribution in [3.8, 4) is 6.07 Å². The van der Waals surface area contributed by atoms with Crippen LogP contribution in [0, 0.1) is 11.3 Å². The van der Waals surface area contributed by atoms with Gasteiger partial charge in [0.2, 0.25) is 5.95 Å². The zero-order valence-corrected chi connectivity index (χ0v) is 10.2. The number of benzene rings is 1. The molecule has 0 aliphatic heterocycles. The maximum Gasteiger partial charge on any atom is 0.249 e. The molecule has 1 aliphatic rings. The second-order valence-electron chi connectivity index (χ2n) is 4.40. The Labute approximate surface area is 110 Å². The van der Waals surface area contributed by atoms with E-state index in [1.807, 2.05) is 12.1 Å². The molecule has 1 aromatic heterocycles. The molecule has 19 heavy (non-hydrogen) atoms. The van der Waals surface area contributed by atoms with Crippen molar-refractivity contribution in [1.29, 1.82) is 5.26 Å². The van der Waals surface area contributed by atoms with Gasteiger partial charge in [0, 0.05) is 11.7 Å². The molecule has 0 saturated heterocycles. The van der Waals surface area contributed by atoms with Gasteiger partial charge in [0.25, 0.3) is 0 Å². The Kier molecular flexibility index (Phi) is 2.94. The van der Waals surface area contributed by atoms with Gasteiger partial charge in [0.05, 0.1) is 17.8 Å². The molecule has 0 bridgehead atoms. The van der Waals surface area contributed by atoms with Crippen LogP contribution < -0.4 is 10.6 Å². The quantitative estimate of drug-likeness (QED) is 0.866. The van der Waals surface area contributed by atoms with Crippen molar-refractivity contribution >= 4 is 17.5 Å². The molecular formula is C13H12N6. The Morgan fingerprint density at radius 3 is 2.68 bits per heavy atom. The highest BCUT2D eigenvalue weighted by molar-refractivity contribution is 5.55. The highest BCUT2D eigenvalue weighted by Gasteiger charge is 2.21. The van der Waals surface area contributed by atoms with Crippen LogP contribution in [0.1, 0.15) is 18.4 Å². The molecule has 3 rings (SSSR count). The molecule has 94 valence electrons. The highest BCUT2D eigenvalue weighted by Crippen LogP contribution is 2.23. The Bertz CT molecular complexity index is 612. The summed E-state index contributed by atoms with van der Waals surface area (Å²) in [6.45, 7) is 0. The van der Waals surface area contributed by atoms with E-state index in [4.69, 9.17) is 5.26 Å². The molecule has 1 aliphatic carbocycles. The minimum Gasteiger partial charge on any atom is -0.366 e. The number of rotatable bonds is 4. The molecule has 6 nitrogen and oxygen atoms in total. The van der Waals surface area contributed by atoms with Gasteiger partial charge in [-0.05, 0) is 37.1 Å². The SMILES string of the molecule is N#Cc1ccc(Nc2nncc(NC3CC3)n2)cc1. The maximum absolute atomic E-state index is 8.73. The lowest BCUT2D eigenvalue weighted by atomic mass is 10.2. The second-order valence-corrected chi connectivity index (χ2v) is 4.40. The summed E-state index contributed by atoms with van der Waals surface area (Å²) in [5.41, 5.74) is 1.44. The monoisotopic (exact) mass is 252 g/mol. The van der Waals surface area contributed by atoms with E-state index >= 15 is 0 Å². The molecular weight excluding hydrogens is 240 g/mol. The Balaban J connectivity index is 1.72. The van der Waals surface area contributed by atoms with Crippen LogP contribution in [0.3, 0.4) is 0 Å². The summed E-state index contributed by atoms with van der Waals surface area (Å²) in [6.07, 6.45) is 3.98. The van der Waals surface area contributed by atoms with E-state index in [2.05, 4.69) is 31.9 Å². The summed E-state index contributed by atoms with van der Waals surface area (Å²) in [4.78, 5) is 4.33. The number of hydrogen-bond acceptors (Lipinski definition) is 6. The predicted octanol–water partition coefficient (Wildman–Crippen LogP) is 2.06. The van der Waals surface area contributed by atoms with Gasteiger partial charge < -0.3 is 10.6 Å². The molecule has 0 spiro atoms. The number of hydrogen-bond donors (Lipinski definition) is 2. The fraction of sp³-hybridized carbons (Fsp3) is 0.231. The van der Waals surface area contributed by atoms with Crippen molar-refractivity contribution in [1.82, 2.24) is 15.2 Å². The van der Waals surface area contributed by atoms with E-state index in [0.717, 1.165) is 11.5 Å². The molecule has 2 aromatic rings. The zero-order chi connectivity index (χ0) is 13.1. The van der Waals surface area contributed by atoms with Gasteiger partial charge in [-0.3, -0.25) is 0 Å². The lowest BCUT2D eigenvalue weighted by Gasteiger charge is -2.06. The molecule has 1 aromatic carbocycles. The average Bonchev–Trinajstić information content (AvgIpc) is 3.24. The van der Waals surface area contributed by atoms with Crippen molar-refractivity contribution in [3.05, 3.63) is 36.0 Å². The van der Waals surface area contributed by atoms with E-state index in [1.165, 1.54) is 12.8 Å². The lowest BCUT2D eigenvalue weighted by molar-refractivity contribution is 0.965. The van der Waals surface area contributed by atoms with Crippen LogP contribution in [0.5, 0.6) is 0 Å². The third-order valence-electron chi connectivity index (χ3n) is 2.76. The van der Waals surface area contributed by atoms with Crippen LogP contribution in [-0.4, -0.2) is 21.2 Å². The summed E-state index contributed by atoms with van der Waals surface area (Å²) in [5, 5.41) is 22.9. The largest absolute Gasteiger partial charge is 0.366 e. The fourth-order valence-corrected chi connectivity index (χ4v) is 1.62. The smallest absolute Gasteiger partial charge is 0.249 e. The standard InChI is InChI=1S/C13H12N6/c14-7-9-1-3-11(4-2-9)17-13-18-12(8-15-19-13)16-10-5-6-10/h1-4,8,10H,5-6H2,(H2,16,17,18,19). The molecule has 1 fully saturated rings. The first kappa shape index (κ1) is 11.4. The van der Waals surface area contributed by atoms with E-state index < -0.39 is 0 Å². The van der Waals surface area contributed by atoms with Crippen molar-refractivity contribution in [2.45, 2.75) is 18.9 Å². The van der Waals surface area contributed by atoms with Crippen molar-refractivity contribution < 1.29 is 0 Å². The van der Waals surface area contributed by atoms with Gasteiger partial charge in [-0.25, -0.2) is 0 Å². The van der Waals surface area contributed by atoms with Crippen LogP contribution in [0.2, 0.25) is 0 Å². The number of aromatic nitrogens is 3. The number of nitrogens with one attached hydrogen (secondary N) is 2. The summed E-state index contributed by atoms with van der Waals surface area (Å²) < 4.78 is 0. The van der Waals surface area contributed by atoms with Crippen molar-refractivity contribution in [2.24, 2.45) is 0 Å². The molecule has 0 radical (unpaired) electrons. The van der Waals surface area contributed by atoms with Gasteiger partial charge in [0.1, 0.15) is 0 Å². The lowest BCUT2D eigenvalue weighted by Crippen LogP contribution is -2.06. The number of anilines is 3. The average molecular weight is 252 g/mol. The summed E-state index contributed by atoms with van der Waals surface area (Å²) in [6, 6.07) is 9.69. The molecule has 0 unspecified atom stereocenters. The summed E-state index contributed by atoms with van der Waals surface area (Å²) >= 11 is 0. The third kappa shape index (κ3) is 2.96. The first-order valence-electron chi connectivity index (χ1n) is 6.07. The Morgan fingerprint density at radius 2 is 2.00 bits per heavy atom. The van der Waals surface area contributed by atoms with Crippen LogP contribution in [0.4, 0.5) is 17.5 Å². The second kappa shape index (κ2) is 4.90. The van der Waals surface area contributed by atoms with E-state index in [1.54, 1.807) is 18.3 Å². The number of nitrogens with zero attached hydrogens (tertiary/aromatic N) is 4. The van der Waals surface area contributed by atoms with E-state index in [-0.39, 0.29) is 0 Å². The van der Waals surface area contributed by atoms with Gasteiger partial charge in [-0.2, -0.15) is 15.3 Å². The topological polar surface area (TPSA) is 86.5 Å². The van der Waals surface area contributed by atoms with E-state index in [0.29, 0.717) is 17.6 Å². The van der Waals surface area contributed by atoms with Gasteiger partial charge in [-0.1, -0.05) is 0 Å². The molecule has 0 amide bonds. The summed E-state index contributed by atoms with van der Waals surface area (Å²) in [5.74, 6) is 1.17. The highest BCUT2D eigenvalue weighted by atomic mass is 15.3. The molecule has 0 atom stereocenters. The van der Waals surface area contributed by atoms with Gasteiger partial charge >= 0.3 is 0 Å². The van der Waals surface area contributed by atoms with Gasteiger partial charge in [0.15, 0.2) is 5.82 Å². The van der Waals surface area contributed by atoms with Gasteiger partial charge in [-0.15, -0.1) is 5.10 Å². The van der Waals surface area contributed by atoms with Crippen LogP contribution in [-0.2, 0) is 0 Å². The molecule has 1 heterocycles. The molecule has 1 saturated carbocycles. The van der Waals surface area contributed by atoms with Crippen LogP contribution in [0.25, 0.3) is 0 Å².